The van der Waals surface area contributed by atoms with Crippen LogP contribution in [0, 0.1) is 5.92 Å². The molecule has 0 radical (unpaired) electrons. The van der Waals surface area contributed by atoms with Crippen molar-refractivity contribution in [2.45, 2.75) is 43.7 Å². The van der Waals surface area contributed by atoms with E-state index in [9.17, 15) is 15.0 Å². The predicted molar refractivity (Wildman–Crippen MR) is 122 cm³/mol. The van der Waals surface area contributed by atoms with Gasteiger partial charge in [0.15, 0.2) is 11.5 Å². The second-order valence-electron chi connectivity index (χ2n) is 8.83. The minimum absolute atomic E-state index is 0.0213. The van der Waals surface area contributed by atoms with E-state index in [2.05, 4.69) is 10.2 Å². The number of likely N-dealkylation sites (tertiary alicyclic amines) is 1. The van der Waals surface area contributed by atoms with E-state index in [1.54, 1.807) is 13.2 Å². The number of amides is 1. The van der Waals surface area contributed by atoms with Crippen LogP contribution in [0.1, 0.15) is 43.7 Å². The number of aromatic hydroxyl groups is 1. The molecule has 4 rings (SSSR count). The van der Waals surface area contributed by atoms with Crippen LogP contribution in [-0.2, 0) is 4.79 Å². The number of methoxy groups -OCH3 is 2. The number of phenols is 1. The van der Waals surface area contributed by atoms with Gasteiger partial charge in [-0.25, -0.2) is 0 Å². The Morgan fingerprint density at radius 3 is 2.62 bits per heavy atom. The molecule has 2 fully saturated rings. The van der Waals surface area contributed by atoms with Gasteiger partial charge in [-0.15, -0.1) is 0 Å². The number of carbonyl (C=O) groups excluding carboxylic acids is 1. The molecule has 0 spiro atoms. The molecule has 172 valence electrons. The number of carbonyl (C=O) groups is 1. The van der Waals surface area contributed by atoms with E-state index in [4.69, 9.17) is 9.47 Å². The molecule has 3 atom stereocenters. The van der Waals surface area contributed by atoms with E-state index in [1.807, 2.05) is 36.4 Å². The number of rotatable bonds is 6. The first-order valence-corrected chi connectivity index (χ1v) is 11.2. The number of hydrogen-bond acceptors (Lipinski definition) is 6. The summed E-state index contributed by atoms with van der Waals surface area (Å²) in [5.41, 5.74) is 0.934. The van der Waals surface area contributed by atoms with E-state index in [1.165, 1.54) is 7.11 Å². The molecule has 32 heavy (non-hydrogen) atoms. The lowest BCUT2D eigenvalue weighted by atomic mass is 9.66. The van der Waals surface area contributed by atoms with Crippen LogP contribution in [0.15, 0.2) is 42.5 Å². The summed E-state index contributed by atoms with van der Waals surface area (Å²) in [4.78, 5) is 15.1. The molecule has 3 N–H and O–H groups in total. The van der Waals surface area contributed by atoms with Crippen LogP contribution in [0.5, 0.6) is 17.2 Å². The van der Waals surface area contributed by atoms with Gasteiger partial charge in [0.2, 0.25) is 5.91 Å². The number of hydrogen-bond donors (Lipinski definition) is 3. The molecule has 2 aromatic carbocycles. The van der Waals surface area contributed by atoms with Crippen molar-refractivity contribution < 1.29 is 24.5 Å². The third-order valence-corrected chi connectivity index (χ3v) is 6.94. The van der Waals surface area contributed by atoms with Gasteiger partial charge in [0, 0.05) is 24.2 Å². The fraction of sp³-hybridized carbons (Fsp3) is 0.480. The van der Waals surface area contributed by atoms with Crippen LogP contribution < -0.4 is 14.8 Å². The maximum absolute atomic E-state index is 12.9. The Morgan fingerprint density at radius 1 is 1.12 bits per heavy atom. The third-order valence-electron chi connectivity index (χ3n) is 6.94. The Labute approximate surface area is 189 Å². The van der Waals surface area contributed by atoms with Crippen LogP contribution in [0.25, 0.3) is 0 Å². The normalized spacial score (nSPS) is 25.6. The van der Waals surface area contributed by atoms with Gasteiger partial charge >= 0.3 is 0 Å². The molecule has 1 aliphatic heterocycles. The van der Waals surface area contributed by atoms with Gasteiger partial charge in [0.1, 0.15) is 5.75 Å². The lowest BCUT2D eigenvalue weighted by Gasteiger charge is -2.52. The van der Waals surface area contributed by atoms with E-state index < -0.39 is 5.60 Å². The number of nitrogens with one attached hydrogen (secondary N) is 1. The Kier molecular flexibility index (Phi) is 6.58. The molecular weight excluding hydrogens is 408 g/mol. The quantitative estimate of drug-likeness (QED) is 0.634. The van der Waals surface area contributed by atoms with Crippen LogP contribution >= 0.6 is 0 Å². The molecule has 7 heteroatoms. The standard InChI is InChI=1S/C25H32N2O5/c1-31-19-9-7-18(8-10-19)26-23(29)16-27-14-13-25(30)12-4-3-5-20(25)24(27)17-6-11-21(28)22(15-17)32-2/h6-11,15,20,24,28,30H,3-5,12-14,16H2,1-2H3,(H,26,29). The van der Waals surface area contributed by atoms with Crippen molar-refractivity contribution in [3.8, 4) is 17.2 Å². The molecular formula is C25H32N2O5. The number of phenolic OH excluding ortho intramolecular Hbond substituents is 1. The summed E-state index contributed by atoms with van der Waals surface area (Å²) in [5, 5.41) is 24.5. The summed E-state index contributed by atoms with van der Waals surface area (Å²) < 4.78 is 10.5. The van der Waals surface area contributed by atoms with Crippen molar-refractivity contribution in [1.29, 1.82) is 0 Å². The number of nitrogens with zero attached hydrogens (tertiary/aromatic N) is 1. The van der Waals surface area contributed by atoms with Crippen LogP contribution in [0.4, 0.5) is 5.69 Å². The summed E-state index contributed by atoms with van der Waals surface area (Å²) in [5.74, 6) is 1.13. The van der Waals surface area contributed by atoms with Gasteiger partial charge in [-0.05, 0) is 61.2 Å². The SMILES string of the molecule is COc1ccc(NC(=O)CN2CCC3(O)CCCCC3C2c2ccc(O)c(OC)c2)cc1. The molecule has 7 nitrogen and oxygen atoms in total. The van der Waals surface area contributed by atoms with E-state index >= 15 is 0 Å². The summed E-state index contributed by atoms with van der Waals surface area (Å²) in [6.07, 6.45) is 4.43. The van der Waals surface area contributed by atoms with Crippen LogP contribution in [0.2, 0.25) is 0 Å². The lowest BCUT2D eigenvalue weighted by molar-refractivity contribution is -0.135. The number of ether oxygens (including phenoxy) is 2. The zero-order chi connectivity index (χ0) is 22.7. The first-order valence-electron chi connectivity index (χ1n) is 11.2. The maximum Gasteiger partial charge on any atom is 0.238 e. The van der Waals surface area contributed by atoms with Crippen molar-refractivity contribution in [2.75, 3.05) is 32.6 Å². The van der Waals surface area contributed by atoms with Crippen LogP contribution in [-0.4, -0.2) is 53.9 Å². The zero-order valence-electron chi connectivity index (χ0n) is 18.7. The summed E-state index contributed by atoms with van der Waals surface area (Å²) in [6, 6.07) is 12.4. The summed E-state index contributed by atoms with van der Waals surface area (Å²) in [7, 11) is 3.13. The molecule has 0 aromatic heterocycles. The van der Waals surface area contributed by atoms with Gasteiger partial charge in [0.25, 0.3) is 0 Å². The Bertz CT molecular complexity index is 948. The van der Waals surface area contributed by atoms with Gasteiger partial charge < -0.3 is 25.0 Å². The van der Waals surface area contributed by atoms with Crippen molar-refractivity contribution >= 4 is 11.6 Å². The molecule has 1 amide bonds. The highest BCUT2D eigenvalue weighted by molar-refractivity contribution is 5.92. The molecule has 3 unspecified atom stereocenters. The highest BCUT2D eigenvalue weighted by Gasteiger charge is 2.49. The molecule has 2 aromatic rings. The fourth-order valence-electron chi connectivity index (χ4n) is 5.30. The number of benzene rings is 2. The van der Waals surface area contributed by atoms with Crippen molar-refractivity contribution in [3.63, 3.8) is 0 Å². The smallest absolute Gasteiger partial charge is 0.238 e. The summed E-state index contributed by atoms with van der Waals surface area (Å²) in [6.45, 7) is 0.837. The Hall–Kier alpha value is -2.77. The first kappa shape index (κ1) is 22.4. The fourth-order valence-corrected chi connectivity index (χ4v) is 5.30. The zero-order valence-corrected chi connectivity index (χ0v) is 18.7. The maximum atomic E-state index is 12.9. The molecule has 2 aliphatic rings. The monoisotopic (exact) mass is 440 g/mol. The van der Waals surface area contributed by atoms with Gasteiger partial charge in [-0.1, -0.05) is 18.9 Å². The average Bonchev–Trinajstić information content (AvgIpc) is 2.80. The van der Waals surface area contributed by atoms with Gasteiger partial charge in [-0.2, -0.15) is 0 Å². The van der Waals surface area contributed by atoms with E-state index in [0.717, 1.165) is 37.0 Å². The predicted octanol–water partition coefficient (Wildman–Crippen LogP) is 3.72. The van der Waals surface area contributed by atoms with Crippen molar-refractivity contribution in [1.82, 2.24) is 4.90 Å². The number of anilines is 1. The number of fused-ring (bicyclic) bond motifs is 1. The largest absolute Gasteiger partial charge is 0.504 e. The molecule has 1 heterocycles. The highest BCUT2D eigenvalue weighted by Crippen LogP contribution is 2.50. The number of piperidine rings is 1. The minimum Gasteiger partial charge on any atom is -0.504 e. The van der Waals surface area contributed by atoms with Crippen molar-refractivity contribution in [3.05, 3.63) is 48.0 Å². The Morgan fingerprint density at radius 2 is 1.91 bits per heavy atom. The highest BCUT2D eigenvalue weighted by atomic mass is 16.5. The van der Waals surface area contributed by atoms with Crippen LogP contribution in [0.3, 0.4) is 0 Å². The van der Waals surface area contributed by atoms with Gasteiger partial charge in [-0.3, -0.25) is 9.69 Å². The Balaban J connectivity index is 1.58. The minimum atomic E-state index is -0.725. The van der Waals surface area contributed by atoms with E-state index in [0.29, 0.717) is 24.4 Å². The molecule has 1 saturated carbocycles. The third kappa shape index (κ3) is 4.54. The topological polar surface area (TPSA) is 91.3 Å². The first-order chi connectivity index (χ1) is 15.4. The van der Waals surface area contributed by atoms with Gasteiger partial charge in [0.05, 0.1) is 26.4 Å². The van der Waals surface area contributed by atoms with E-state index in [-0.39, 0.29) is 30.2 Å². The molecule has 1 saturated heterocycles. The second kappa shape index (κ2) is 9.38. The second-order valence-corrected chi connectivity index (χ2v) is 8.83. The lowest BCUT2D eigenvalue weighted by Crippen LogP contribution is -2.56. The molecule has 0 bridgehead atoms. The average molecular weight is 441 g/mol. The number of aliphatic hydroxyl groups is 1. The summed E-state index contributed by atoms with van der Waals surface area (Å²) >= 11 is 0. The van der Waals surface area contributed by atoms with Crippen molar-refractivity contribution in [2.24, 2.45) is 5.92 Å². The molecule has 1 aliphatic carbocycles.